The number of hydrogen-bond acceptors (Lipinski definition) is 3. The van der Waals surface area contributed by atoms with Crippen LogP contribution in [0.4, 0.5) is 0 Å². The van der Waals surface area contributed by atoms with Crippen molar-refractivity contribution in [1.82, 2.24) is 0 Å². The summed E-state index contributed by atoms with van der Waals surface area (Å²) in [5.74, 6) is 1.97. The van der Waals surface area contributed by atoms with Crippen LogP contribution in [0.5, 0.6) is 0 Å². The van der Waals surface area contributed by atoms with Crippen LogP contribution in [0, 0.1) is 44.6 Å². The lowest BCUT2D eigenvalue weighted by atomic mass is 9.45. The van der Waals surface area contributed by atoms with E-state index < -0.39 is 11.5 Å². The summed E-state index contributed by atoms with van der Waals surface area (Å²) in [6.07, 6.45) is 9.82. The molecular weight excluding hydrogens is 290 g/mol. The van der Waals surface area contributed by atoms with Crippen molar-refractivity contribution in [2.24, 2.45) is 34.5 Å². The molecule has 0 bridgehead atoms. The van der Waals surface area contributed by atoms with E-state index in [1.54, 1.807) is 0 Å². The molecule has 4 nitrogen and oxygen atoms in total. The number of hydrogen-bond donors (Lipinski definition) is 0. The van der Waals surface area contributed by atoms with E-state index in [0.717, 1.165) is 25.2 Å². The Balaban J connectivity index is 1.71. The lowest BCUT2D eigenvalue weighted by molar-refractivity contribution is -0.534. The molecule has 4 fully saturated rings. The number of rotatable bonds is 1. The first kappa shape index (κ1) is 15.6. The normalized spacial score (nSPS) is 52.4. The summed E-state index contributed by atoms with van der Waals surface area (Å²) < 4.78 is 0. The molecule has 4 saturated carbocycles. The third-order valence-electron chi connectivity index (χ3n) is 8.55. The average Bonchev–Trinajstić information content (AvgIpc) is 2.79. The zero-order valence-corrected chi connectivity index (χ0v) is 14.4. The van der Waals surface area contributed by atoms with E-state index in [1.807, 2.05) is 6.92 Å². The second kappa shape index (κ2) is 5.03. The highest BCUT2D eigenvalue weighted by Gasteiger charge is 2.65. The summed E-state index contributed by atoms with van der Waals surface area (Å²) in [7, 11) is 0. The van der Waals surface area contributed by atoms with E-state index >= 15 is 0 Å². The van der Waals surface area contributed by atoms with Crippen LogP contribution < -0.4 is 0 Å². The smallest absolute Gasteiger partial charge is 0.224 e. The molecule has 0 heterocycles. The Labute approximate surface area is 138 Å². The summed E-state index contributed by atoms with van der Waals surface area (Å²) in [5, 5.41) is 11.6. The molecule has 0 aromatic rings. The first-order valence-corrected chi connectivity index (χ1v) is 9.55. The summed E-state index contributed by atoms with van der Waals surface area (Å²) >= 11 is 0. The highest BCUT2D eigenvalue weighted by Crippen LogP contribution is 2.65. The molecular formula is C19H29NO3. The molecule has 4 aliphatic rings. The van der Waals surface area contributed by atoms with E-state index in [4.69, 9.17) is 0 Å². The number of nitrogens with zero attached hydrogens (tertiary/aromatic N) is 1. The molecule has 23 heavy (non-hydrogen) atoms. The van der Waals surface area contributed by atoms with E-state index in [1.165, 1.54) is 32.1 Å². The predicted molar refractivity (Wildman–Crippen MR) is 87.5 cm³/mol. The molecule has 0 aliphatic heterocycles. The second-order valence-electron chi connectivity index (χ2n) is 9.26. The van der Waals surface area contributed by atoms with Gasteiger partial charge in [0.15, 0.2) is 0 Å². The van der Waals surface area contributed by atoms with Crippen LogP contribution in [-0.2, 0) is 4.79 Å². The zero-order chi connectivity index (χ0) is 16.4. The standard InChI is InChI=1S/C19H29NO3/c1-18-9-4-3-5-12(18)6-7-13-14(18)8-10-19(2)16(21)11-15(17(13)19)20(22)23/h12-15,17H,3-11H2,1-2H3/t12-,13-,14+,15?,17-,18+,19-/m1/s1. The third kappa shape index (κ3) is 1.99. The lowest BCUT2D eigenvalue weighted by Crippen LogP contribution is -2.55. The minimum atomic E-state index is -0.621. The van der Waals surface area contributed by atoms with Crippen LogP contribution >= 0.6 is 0 Å². The molecule has 4 rings (SSSR count). The summed E-state index contributed by atoms with van der Waals surface area (Å²) in [6.45, 7) is 4.50. The van der Waals surface area contributed by atoms with Crippen molar-refractivity contribution in [3.05, 3.63) is 10.1 Å². The predicted octanol–water partition coefficient (Wildman–Crippen LogP) is 4.24. The Morgan fingerprint density at radius 3 is 2.61 bits per heavy atom. The first-order valence-electron chi connectivity index (χ1n) is 9.55. The first-order chi connectivity index (χ1) is 10.9. The second-order valence-corrected chi connectivity index (χ2v) is 9.26. The summed E-state index contributed by atoms with van der Waals surface area (Å²) in [5.41, 5.74) is -0.0496. The Kier molecular flexibility index (Phi) is 3.41. The fourth-order valence-electron chi connectivity index (χ4n) is 7.34. The Morgan fingerprint density at radius 1 is 1.09 bits per heavy atom. The van der Waals surface area contributed by atoms with E-state index in [2.05, 4.69) is 6.92 Å². The molecule has 0 aromatic carbocycles. The Bertz CT molecular complexity index is 547. The SMILES string of the molecule is C[C@]12CCCC[C@@H]1CC[C@@H]1[C@@H]2CC[C@]2(C)C(=O)CC([N+](=O)[O-])[C@@H]12. The van der Waals surface area contributed by atoms with Gasteiger partial charge in [-0.2, -0.15) is 0 Å². The quantitative estimate of drug-likeness (QED) is 0.536. The van der Waals surface area contributed by atoms with Crippen LogP contribution in [0.3, 0.4) is 0 Å². The van der Waals surface area contributed by atoms with E-state index in [0.29, 0.717) is 17.3 Å². The maximum atomic E-state index is 12.6. The molecule has 0 amide bonds. The lowest BCUT2D eigenvalue weighted by Gasteiger charge is -2.59. The molecule has 1 unspecified atom stereocenters. The van der Waals surface area contributed by atoms with Crippen molar-refractivity contribution in [2.45, 2.75) is 77.7 Å². The Hall–Kier alpha value is -0.930. The van der Waals surface area contributed by atoms with Gasteiger partial charge < -0.3 is 0 Å². The van der Waals surface area contributed by atoms with Crippen LogP contribution in [0.1, 0.15) is 71.6 Å². The molecule has 4 aliphatic carbocycles. The van der Waals surface area contributed by atoms with Crippen molar-refractivity contribution in [2.75, 3.05) is 0 Å². The fraction of sp³-hybridized carbons (Fsp3) is 0.947. The minimum Gasteiger partial charge on any atom is -0.299 e. The Morgan fingerprint density at radius 2 is 1.87 bits per heavy atom. The van der Waals surface area contributed by atoms with Crippen molar-refractivity contribution in [1.29, 1.82) is 0 Å². The van der Waals surface area contributed by atoms with Gasteiger partial charge in [-0.25, -0.2) is 0 Å². The van der Waals surface area contributed by atoms with Crippen molar-refractivity contribution < 1.29 is 9.72 Å². The summed E-state index contributed by atoms with van der Waals surface area (Å²) in [4.78, 5) is 24.1. The number of carbonyl (C=O) groups excluding carboxylic acids is 1. The van der Waals surface area contributed by atoms with Gasteiger partial charge in [-0.05, 0) is 61.7 Å². The molecule has 0 aromatic heterocycles. The van der Waals surface area contributed by atoms with Gasteiger partial charge in [0.1, 0.15) is 5.78 Å². The molecule has 0 saturated heterocycles. The van der Waals surface area contributed by atoms with Crippen molar-refractivity contribution >= 4 is 5.78 Å². The van der Waals surface area contributed by atoms with Crippen LogP contribution in [0.25, 0.3) is 0 Å². The number of fused-ring (bicyclic) bond motifs is 5. The average molecular weight is 319 g/mol. The van der Waals surface area contributed by atoms with Gasteiger partial charge in [-0.15, -0.1) is 0 Å². The molecule has 0 N–H and O–H groups in total. The van der Waals surface area contributed by atoms with Gasteiger partial charge in [0.2, 0.25) is 6.04 Å². The highest BCUT2D eigenvalue weighted by atomic mass is 16.6. The molecule has 128 valence electrons. The highest BCUT2D eigenvalue weighted by molar-refractivity contribution is 5.88. The van der Waals surface area contributed by atoms with Gasteiger partial charge >= 0.3 is 0 Å². The molecule has 7 atom stereocenters. The van der Waals surface area contributed by atoms with Crippen molar-refractivity contribution in [3.8, 4) is 0 Å². The van der Waals surface area contributed by atoms with Gasteiger partial charge in [0.05, 0.1) is 6.42 Å². The van der Waals surface area contributed by atoms with Crippen LogP contribution in [-0.4, -0.2) is 16.7 Å². The third-order valence-corrected chi connectivity index (χ3v) is 8.55. The number of nitro groups is 1. The maximum Gasteiger partial charge on any atom is 0.224 e. The summed E-state index contributed by atoms with van der Waals surface area (Å²) in [6, 6.07) is -0.621. The fourth-order valence-corrected chi connectivity index (χ4v) is 7.34. The van der Waals surface area contributed by atoms with Gasteiger partial charge in [-0.3, -0.25) is 14.9 Å². The van der Waals surface area contributed by atoms with Gasteiger partial charge in [-0.1, -0.05) is 26.7 Å². The monoisotopic (exact) mass is 319 g/mol. The molecule has 0 radical (unpaired) electrons. The largest absolute Gasteiger partial charge is 0.299 e. The maximum absolute atomic E-state index is 12.6. The molecule has 4 heteroatoms. The molecule has 0 spiro atoms. The minimum absolute atomic E-state index is 0.0107. The van der Waals surface area contributed by atoms with Crippen LogP contribution in [0.15, 0.2) is 0 Å². The topological polar surface area (TPSA) is 60.2 Å². The van der Waals surface area contributed by atoms with Crippen molar-refractivity contribution in [3.63, 3.8) is 0 Å². The zero-order valence-electron chi connectivity index (χ0n) is 14.4. The van der Waals surface area contributed by atoms with Gasteiger partial charge in [0.25, 0.3) is 0 Å². The number of Topliss-reactive ketones (excluding diaryl/α,β-unsaturated/α-hetero) is 1. The van der Waals surface area contributed by atoms with Crippen LogP contribution in [0.2, 0.25) is 0 Å². The number of ketones is 1. The van der Waals surface area contributed by atoms with E-state index in [9.17, 15) is 14.9 Å². The van der Waals surface area contributed by atoms with E-state index in [-0.39, 0.29) is 23.0 Å². The number of carbonyl (C=O) groups is 1. The van der Waals surface area contributed by atoms with Gasteiger partial charge in [0, 0.05) is 16.3 Å².